The minimum atomic E-state index is 0.524. The third-order valence-corrected chi connectivity index (χ3v) is 3.63. The Morgan fingerprint density at radius 2 is 1.95 bits per heavy atom. The smallest absolute Gasteiger partial charge is 0.104 e. The van der Waals surface area contributed by atoms with Crippen molar-refractivity contribution in [3.05, 3.63) is 59.5 Å². The average molecular weight is 287 g/mol. The van der Waals surface area contributed by atoms with Crippen LogP contribution in [0.25, 0.3) is 0 Å². The lowest BCUT2D eigenvalue weighted by Crippen LogP contribution is -2.28. The second kappa shape index (κ2) is 8.65. The molecule has 0 aliphatic heterocycles. The number of methoxy groups -OCH3 is 1. The Labute approximate surface area is 127 Å². The van der Waals surface area contributed by atoms with Crippen molar-refractivity contribution >= 4 is 0 Å². The van der Waals surface area contributed by atoms with Gasteiger partial charge in [0, 0.05) is 20.1 Å². The summed E-state index contributed by atoms with van der Waals surface area (Å²) in [5.74, 6) is 1.58. The first kappa shape index (κ1) is 15.8. The van der Waals surface area contributed by atoms with E-state index in [-0.39, 0.29) is 0 Å². The van der Waals surface area contributed by atoms with Gasteiger partial charge in [-0.05, 0) is 43.5 Å². The third-order valence-electron chi connectivity index (χ3n) is 3.63. The van der Waals surface area contributed by atoms with Crippen molar-refractivity contribution in [1.29, 1.82) is 0 Å². The predicted octanol–water partition coefficient (Wildman–Crippen LogP) is 3.23. The van der Waals surface area contributed by atoms with Gasteiger partial charge in [0.25, 0.3) is 0 Å². The van der Waals surface area contributed by atoms with Crippen LogP contribution in [-0.2, 0) is 17.6 Å². The molecule has 1 aromatic carbocycles. The van der Waals surface area contributed by atoms with Crippen molar-refractivity contribution in [2.75, 3.05) is 26.8 Å². The average Bonchev–Trinajstić information content (AvgIpc) is 2.99. The van der Waals surface area contributed by atoms with Crippen molar-refractivity contribution in [1.82, 2.24) is 5.32 Å². The Morgan fingerprint density at radius 3 is 2.62 bits per heavy atom. The molecule has 0 amide bonds. The Hall–Kier alpha value is -1.58. The van der Waals surface area contributed by atoms with Gasteiger partial charge in [-0.3, -0.25) is 0 Å². The van der Waals surface area contributed by atoms with Crippen LogP contribution in [0, 0.1) is 12.8 Å². The van der Waals surface area contributed by atoms with Crippen molar-refractivity contribution < 1.29 is 9.15 Å². The zero-order valence-corrected chi connectivity index (χ0v) is 13.0. The number of ether oxygens (including phenoxy) is 1. The highest BCUT2D eigenvalue weighted by Gasteiger charge is 2.12. The maximum absolute atomic E-state index is 5.50. The van der Waals surface area contributed by atoms with Gasteiger partial charge in [0.15, 0.2) is 0 Å². The van der Waals surface area contributed by atoms with Gasteiger partial charge in [0.1, 0.15) is 5.76 Å². The maximum atomic E-state index is 5.50. The SMILES string of the molecule is COCCNCC(Cc1ccc(C)cc1)Cc1ccco1. The molecule has 0 aliphatic carbocycles. The van der Waals surface area contributed by atoms with Crippen LogP contribution in [-0.4, -0.2) is 26.8 Å². The highest BCUT2D eigenvalue weighted by Crippen LogP contribution is 2.15. The van der Waals surface area contributed by atoms with Gasteiger partial charge in [-0.1, -0.05) is 29.8 Å². The van der Waals surface area contributed by atoms with E-state index < -0.39 is 0 Å². The normalized spacial score (nSPS) is 12.5. The molecule has 1 atom stereocenters. The Morgan fingerprint density at radius 1 is 1.14 bits per heavy atom. The number of nitrogens with one attached hydrogen (secondary N) is 1. The van der Waals surface area contributed by atoms with E-state index >= 15 is 0 Å². The van der Waals surface area contributed by atoms with Gasteiger partial charge in [0.05, 0.1) is 12.9 Å². The fraction of sp³-hybridized carbons (Fsp3) is 0.444. The maximum Gasteiger partial charge on any atom is 0.104 e. The summed E-state index contributed by atoms with van der Waals surface area (Å²) in [6, 6.07) is 12.8. The molecule has 2 rings (SSSR count). The molecule has 3 heteroatoms. The van der Waals surface area contributed by atoms with Gasteiger partial charge in [-0.2, -0.15) is 0 Å². The van der Waals surface area contributed by atoms with E-state index in [1.54, 1.807) is 13.4 Å². The Balaban J connectivity index is 1.91. The van der Waals surface area contributed by atoms with Gasteiger partial charge in [-0.25, -0.2) is 0 Å². The highest BCUT2D eigenvalue weighted by molar-refractivity contribution is 5.22. The van der Waals surface area contributed by atoms with Gasteiger partial charge in [0.2, 0.25) is 0 Å². The largest absolute Gasteiger partial charge is 0.469 e. The number of aryl methyl sites for hydroxylation is 1. The second-order valence-corrected chi connectivity index (χ2v) is 5.54. The van der Waals surface area contributed by atoms with Crippen molar-refractivity contribution in [2.24, 2.45) is 5.92 Å². The van der Waals surface area contributed by atoms with E-state index in [1.165, 1.54) is 11.1 Å². The summed E-state index contributed by atoms with van der Waals surface area (Å²) in [6.07, 6.45) is 3.76. The molecule has 0 fully saturated rings. The zero-order chi connectivity index (χ0) is 14.9. The first-order valence-corrected chi connectivity index (χ1v) is 7.55. The van der Waals surface area contributed by atoms with Crippen LogP contribution in [0.15, 0.2) is 47.1 Å². The van der Waals surface area contributed by atoms with E-state index in [0.29, 0.717) is 5.92 Å². The zero-order valence-electron chi connectivity index (χ0n) is 13.0. The molecule has 0 spiro atoms. The lowest BCUT2D eigenvalue weighted by atomic mass is 9.94. The predicted molar refractivity (Wildman–Crippen MR) is 85.5 cm³/mol. The number of hydrogen-bond donors (Lipinski definition) is 1. The first-order chi connectivity index (χ1) is 10.3. The van der Waals surface area contributed by atoms with Crippen LogP contribution in [0.5, 0.6) is 0 Å². The molecular weight excluding hydrogens is 262 g/mol. The van der Waals surface area contributed by atoms with Crippen LogP contribution in [0.4, 0.5) is 0 Å². The van der Waals surface area contributed by atoms with E-state index in [0.717, 1.165) is 38.3 Å². The standard InChI is InChI=1S/C18H25NO2/c1-15-5-7-16(8-6-15)12-17(14-19-9-11-20-2)13-18-4-3-10-21-18/h3-8,10,17,19H,9,11-14H2,1-2H3. The van der Waals surface area contributed by atoms with E-state index in [9.17, 15) is 0 Å². The lowest BCUT2D eigenvalue weighted by Gasteiger charge is -2.17. The summed E-state index contributed by atoms with van der Waals surface area (Å²) in [7, 11) is 1.73. The number of benzene rings is 1. The number of furan rings is 1. The van der Waals surface area contributed by atoms with E-state index in [1.807, 2.05) is 6.07 Å². The summed E-state index contributed by atoms with van der Waals surface area (Å²) in [5.41, 5.74) is 2.69. The molecule has 1 heterocycles. The Kier molecular flexibility index (Phi) is 6.51. The molecule has 0 radical (unpaired) electrons. The molecule has 0 aliphatic rings. The topological polar surface area (TPSA) is 34.4 Å². The molecular formula is C18H25NO2. The number of hydrogen-bond acceptors (Lipinski definition) is 3. The highest BCUT2D eigenvalue weighted by atomic mass is 16.5. The van der Waals surface area contributed by atoms with Crippen LogP contribution in [0.2, 0.25) is 0 Å². The summed E-state index contributed by atoms with van der Waals surface area (Å²) in [5, 5.41) is 3.46. The van der Waals surface area contributed by atoms with Crippen LogP contribution in [0.3, 0.4) is 0 Å². The lowest BCUT2D eigenvalue weighted by molar-refractivity contribution is 0.197. The van der Waals surface area contributed by atoms with Crippen LogP contribution >= 0.6 is 0 Å². The summed E-state index contributed by atoms with van der Waals surface area (Å²) in [6.45, 7) is 4.73. The molecule has 0 bridgehead atoms. The fourth-order valence-corrected chi connectivity index (χ4v) is 2.47. The quantitative estimate of drug-likeness (QED) is 0.719. The monoisotopic (exact) mass is 287 g/mol. The van der Waals surface area contributed by atoms with Gasteiger partial charge >= 0.3 is 0 Å². The van der Waals surface area contributed by atoms with Crippen molar-refractivity contribution in [3.8, 4) is 0 Å². The third kappa shape index (κ3) is 5.74. The minimum absolute atomic E-state index is 0.524. The van der Waals surface area contributed by atoms with Crippen molar-refractivity contribution in [2.45, 2.75) is 19.8 Å². The van der Waals surface area contributed by atoms with Crippen LogP contribution in [0.1, 0.15) is 16.9 Å². The molecule has 21 heavy (non-hydrogen) atoms. The second-order valence-electron chi connectivity index (χ2n) is 5.54. The molecule has 0 saturated heterocycles. The molecule has 1 unspecified atom stereocenters. The number of rotatable bonds is 9. The summed E-state index contributed by atoms with van der Waals surface area (Å²) in [4.78, 5) is 0. The fourth-order valence-electron chi connectivity index (χ4n) is 2.47. The molecule has 0 saturated carbocycles. The molecule has 3 nitrogen and oxygen atoms in total. The van der Waals surface area contributed by atoms with E-state index in [4.69, 9.17) is 9.15 Å². The summed E-state index contributed by atoms with van der Waals surface area (Å²) < 4.78 is 10.6. The first-order valence-electron chi connectivity index (χ1n) is 7.55. The van der Waals surface area contributed by atoms with E-state index in [2.05, 4.69) is 42.6 Å². The molecule has 1 N–H and O–H groups in total. The molecule has 1 aromatic heterocycles. The van der Waals surface area contributed by atoms with Gasteiger partial charge in [-0.15, -0.1) is 0 Å². The van der Waals surface area contributed by atoms with Gasteiger partial charge < -0.3 is 14.5 Å². The minimum Gasteiger partial charge on any atom is -0.469 e. The Bertz CT molecular complexity index is 490. The summed E-state index contributed by atoms with van der Waals surface area (Å²) >= 11 is 0. The molecule has 2 aromatic rings. The molecule has 114 valence electrons. The van der Waals surface area contributed by atoms with Crippen molar-refractivity contribution in [3.63, 3.8) is 0 Å². The van der Waals surface area contributed by atoms with Crippen LogP contribution < -0.4 is 5.32 Å².